The molecule has 4 heteroatoms. The predicted octanol–water partition coefficient (Wildman–Crippen LogP) is 1.84. The molecule has 1 atom stereocenters. The molecule has 1 aromatic carbocycles. The SMILES string of the molecule is Cc1cc(F)ccc1OC(C)C(=N)N. The molecule has 76 valence electrons. The zero-order chi connectivity index (χ0) is 10.7. The van der Waals surface area contributed by atoms with Crippen molar-refractivity contribution in [3.05, 3.63) is 29.6 Å². The smallest absolute Gasteiger partial charge is 0.152 e. The van der Waals surface area contributed by atoms with Gasteiger partial charge in [-0.3, -0.25) is 5.41 Å². The van der Waals surface area contributed by atoms with Crippen molar-refractivity contribution in [1.29, 1.82) is 5.41 Å². The van der Waals surface area contributed by atoms with E-state index in [1.54, 1.807) is 13.8 Å². The summed E-state index contributed by atoms with van der Waals surface area (Å²) in [7, 11) is 0. The molecule has 1 aromatic rings. The summed E-state index contributed by atoms with van der Waals surface area (Å²) in [5.41, 5.74) is 5.94. The monoisotopic (exact) mass is 196 g/mol. The molecule has 3 nitrogen and oxygen atoms in total. The van der Waals surface area contributed by atoms with E-state index in [-0.39, 0.29) is 11.7 Å². The van der Waals surface area contributed by atoms with Crippen LogP contribution < -0.4 is 10.5 Å². The summed E-state index contributed by atoms with van der Waals surface area (Å²) in [6.07, 6.45) is -0.487. The van der Waals surface area contributed by atoms with Crippen molar-refractivity contribution >= 4 is 5.84 Å². The maximum absolute atomic E-state index is 12.7. The van der Waals surface area contributed by atoms with E-state index in [2.05, 4.69) is 0 Å². The number of amidine groups is 1. The van der Waals surface area contributed by atoms with Crippen LogP contribution in [0, 0.1) is 18.2 Å². The summed E-state index contributed by atoms with van der Waals surface area (Å²) >= 11 is 0. The highest BCUT2D eigenvalue weighted by molar-refractivity contribution is 5.81. The van der Waals surface area contributed by atoms with Crippen molar-refractivity contribution in [2.75, 3.05) is 0 Å². The second kappa shape index (κ2) is 4.09. The predicted molar refractivity (Wildman–Crippen MR) is 53.1 cm³/mol. The Morgan fingerprint density at radius 2 is 2.21 bits per heavy atom. The van der Waals surface area contributed by atoms with Crippen LogP contribution in [0.5, 0.6) is 5.75 Å². The molecular formula is C10H13FN2O. The van der Waals surface area contributed by atoms with E-state index < -0.39 is 6.10 Å². The molecule has 0 radical (unpaired) electrons. The minimum atomic E-state index is -0.487. The van der Waals surface area contributed by atoms with Crippen molar-refractivity contribution < 1.29 is 9.13 Å². The second-order valence-corrected chi connectivity index (χ2v) is 3.13. The molecule has 0 saturated heterocycles. The Hall–Kier alpha value is -1.58. The van der Waals surface area contributed by atoms with Gasteiger partial charge in [-0.1, -0.05) is 0 Å². The van der Waals surface area contributed by atoms with E-state index in [0.717, 1.165) is 0 Å². The molecule has 0 saturated carbocycles. The standard InChI is InChI=1S/C10H13FN2O/c1-6-5-8(11)3-4-9(6)14-7(2)10(12)13/h3-5,7H,1-2H3,(H3,12,13). The first kappa shape index (κ1) is 10.5. The molecule has 0 bridgehead atoms. The number of nitrogens with two attached hydrogens (primary N) is 1. The summed E-state index contributed by atoms with van der Waals surface area (Å²) < 4.78 is 18.1. The summed E-state index contributed by atoms with van der Waals surface area (Å²) in [5.74, 6) is 0.202. The van der Waals surface area contributed by atoms with Crippen molar-refractivity contribution in [1.82, 2.24) is 0 Å². The molecule has 0 aliphatic carbocycles. The van der Waals surface area contributed by atoms with Crippen LogP contribution in [-0.4, -0.2) is 11.9 Å². The number of benzene rings is 1. The van der Waals surface area contributed by atoms with E-state index in [0.29, 0.717) is 11.3 Å². The molecule has 0 heterocycles. The first-order chi connectivity index (χ1) is 6.50. The molecule has 0 fully saturated rings. The number of aryl methyl sites for hydroxylation is 1. The lowest BCUT2D eigenvalue weighted by Gasteiger charge is -2.14. The molecule has 3 N–H and O–H groups in total. The maximum Gasteiger partial charge on any atom is 0.152 e. The van der Waals surface area contributed by atoms with Crippen LogP contribution in [0.2, 0.25) is 0 Å². The molecule has 0 amide bonds. The van der Waals surface area contributed by atoms with Gasteiger partial charge in [-0.2, -0.15) is 0 Å². The molecule has 14 heavy (non-hydrogen) atoms. The quantitative estimate of drug-likeness (QED) is 0.572. The van der Waals surface area contributed by atoms with Gasteiger partial charge < -0.3 is 10.5 Å². The van der Waals surface area contributed by atoms with Crippen LogP contribution in [0.3, 0.4) is 0 Å². The Balaban J connectivity index is 2.82. The topological polar surface area (TPSA) is 59.1 Å². The molecule has 1 unspecified atom stereocenters. The Morgan fingerprint density at radius 3 is 2.71 bits per heavy atom. The maximum atomic E-state index is 12.7. The molecule has 0 aliphatic rings. The van der Waals surface area contributed by atoms with Gasteiger partial charge in [0.1, 0.15) is 17.4 Å². The van der Waals surface area contributed by atoms with Crippen molar-refractivity contribution in [2.24, 2.45) is 5.73 Å². The minimum Gasteiger partial charge on any atom is -0.483 e. The number of ether oxygens (including phenoxy) is 1. The summed E-state index contributed by atoms with van der Waals surface area (Å²) in [6.45, 7) is 3.41. The highest BCUT2D eigenvalue weighted by Gasteiger charge is 2.08. The van der Waals surface area contributed by atoms with Crippen LogP contribution in [0.25, 0.3) is 0 Å². The summed E-state index contributed by atoms with van der Waals surface area (Å²) in [4.78, 5) is 0. The highest BCUT2D eigenvalue weighted by atomic mass is 19.1. The Bertz CT molecular complexity index is 352. The molecule has 1 rings (SSSR count). The Labute approximate surface area is 82.2 Å². The fraction of sp³-hybridized carbons (Fsp3) is 0.300. The third kappa shape index (κ3) is 2.45. The van der Waals surface area contributed by atoms with E-state index in [1.165, 1.54) is 18.2 Å². The third-order valence-corrected chi connectivity index (χ3v) is 1.88. The van der Waals surface area contributed by atoms with Crippen LogP contribution in [0.15, 0.2) is 18.2 Å². The summed E-state index contributed by atoms with van der Waals surface area (Å²) in [6, 6.07) is 4.22. The van der Waals surface area contributed by atoms with Crippen molar-refractivity contribution in [3.63, 3.8) is 0 Å². The summed E-state index contributed by atoms with van der Waals surface area (Å²) in [5, 5.41) is 7.14. The normalized spacial score (nSPS) is 12.2. The zero-order valence-electron chi connectivity index (χ0n) is 8.17. The van der Waals surface area contributed by atoms with E-state index in [1.807, 2.05) is 0 Å². The first-order valence-electron chi connectivity index (χ1n) is 4.27. The average Bonchev–Trinajstić information content (AvgIpc) is 2.09. The molecule has 0 spiro atoms. The van der Waals surface area contributed by atoms with Crippen LogP contribution in [-0.2, 0) is 0 Å². The Morgan fingerprint density at radius 1 is 1.57 bits per heavy atom. The molecular weight excluding hydrogens is 183 g/mol. The lowest BCUT2D eigenvalue weighted by atomic mass is 10.2. The van der Waals surface area contributed by atoms with Gasteiger partial charge >= 0.3 is 0 Å². The van der Waals surface area contributed by atoms with Gasteiger partial charge in [0, 0.05) is 0 Å². The van der Waals surface area contributed by atoms with Gasteiger partial charge in [0.25, 0.3) is 0 Å². The highest BCUT2D eigenvalue weighted by Crippen LogP contribution is 2.19. The van der Waals surface area contributed by atoms with E-state index in [9.17, 15) is 4.39 Å². The number of rotatable bonds is 3. The molecule has 0 aromatic heterocycles. The van der Waals surface area contributed by atoms with Gasteiger partial charge in [0.05, 0.1) is 0 Å². The van der Waals surface area contributed by atoms with Crippen LogP contribution >= 0.6 is 0 Å². The van der Waals surface area contributed by atoms with E-state index in [4.69, 9.17) is 15.9 Å². The number of hydrogen-bond donors (Lipinski definition) is 2. The lowest BCUT2D eigenvalue weighted by molar-refractivity contribution is 0.282. The fourth-order valence-electron chi connectivity index (χ4n) is 0.999. The minimum absolute atomic E-state index is 0.0475. The van der Waals surface area contributed by atoms with Crippen LogP contribution in [0.1, 0.15) is 12.5 Å². The third-order valence-electron chi connectivity index (χ3n) is 1.88. The fourth-order valence-corrected chi connectivity index (χ4v) is 0.999. The Kier molecular flexibility index (Phi) is 3.06. The number of halogens is 1. The number of hydrogen-bond acceptors (Lipinski definition) is 2. The second-order valence-electron chi connectivity index (χ2n) is 3.13. The van der Waals surface area contributed by atoms with Crippen molar-refractivity contribution in [2.45, 2.75) is 20.0 Å². The van der Waals surface area contributed by atoms with Gasteiger partial charge in [-0.15, -0.1) is 0 Å². The molecule has 0 aliphatic heterocycles. The number of nitrogens with one attached hydrogen (secondary N) is 1. The van der Waals surface area contributed by atoms with Gasteiger partial charge in [0.2, 0.25) is 0 Å². The lowest BCUT2D eigenvalue weighted by Crippen LogP contribution is -2.30. The largest absolute Gasteiger partial charge is 0.483 e. The van der Waals surface area contributed by atoms with Gasteiger partial charge in [-0.25, -0.2) is 4.39 Å². The van der Waals surface area contributed by atoms with Gasteiger partial charge in [-0.05, 0) is 37.6 Å². The van der Waals surface area contributed by atoms with E-state index >= 15 is 0 Å². The van der Waals surface area contributed by atoms with Gasteiger partial charge in [0.15, 0.2) is 6.10 Å². The van der Waals surface area contributed by atoms with Crippen LogP contribution in [0.4, 0.5) is 4.39 Å². The average molecular weight is 196 g/mol. The first-order valence-corrected chi connectivity index (χ1v) is 4.27. The van der Waals surface area contributed by atoms with Crippen molar-refractivity contribution in [3.8, 4) is 5.75 Å². The zero-order valence-corrected chi connectivity index (χ0v) is 8.17.